The first-order valence-electron chi connectivity index (χ1n) is 5.76. The zero-order chi connectivity index (χ0) is 13.9. The lowest BCUT2D eigenvalue weighted by Crippen LogP contribution is -2.51. The Bertz CT molecular complexity index is 447. The number of rotatable bonds is 4. The van der Waals surface area contributed by atoms with Crippen LogP contribution in [0.2, 0.25) is 0 Å². The third-order valence-corrected chi connectivity index (χ3v) is 2.97. The molecule has 18 heavy (non-hydrogen) atoms. The largest absolute Gasteiger partial charge is 0.340 e. The fourth-order valence-corrected chi connectivity index (χ4v) is 1.57. The Kier molecular flexibility index (Phi) is 4.40. The number of hydrogen-bond donors (Lipinski definition) is 1. The molecule has 0 saturated heterocycles. The molecule has 0 fully saturated rings. The Labute approximate surface area is 106 Å². The number of nitrogens with zero attached hydrogens (tertiary/aromatic N) is 1. The highest BCUT2D eigenvalue weighted by Gasteiger charge is 2.29. The highest BCUT2D eigenvalue weighted by Crippen LogP contribution is 2.14. The van der Waals surface area contributed by atoms with Gasteiger partial charge >= 0.3 is 0 Å². The Morgan fingerprint density at radius 3 is 2.50 bits per heavy atom. The topological polar surface area (TPSA) is 46.3 Å². The molecule has 3 nitrogen and oxygen atoms in total. The van der Waals surface area contributed by atoms with Crippen molar-refractivity contribution < 1.29 is 13.6 Å². The number of halogens is 2. The molecule has 1 rings (SSSR count). The van der Waals surface area contributed by atoms with Crippen molar-refractivity contribution in [2.24, 2.45) is 5.73 Å². The molecule has 2 N–H and O–H groups in total. The Morgan fingerprint density at radius 2 is 2.00 bits per heavy atom. The predicted molar refractivity (Wildman–Crippen MR) is 65.7 cm³/mol. The summed E-state index contributed by atoms with van der Waals surface area (Å²) in [7, 11) is 1.59. The molecule has 0 saturated carbocycles. The van der Waals surface area contributed by atoms with Crippen LogP contribution in [0.4, 0.5) is 8.78 Å². The smallest absolute Gasteiger partial charge is 0.242 e. The van der Waals surface area contributed by atoms with Crippen molar-refractivity contribution in [3.63, 3.8) is 0 Å². The summed E-state index contributed by atoms with van der Waals surface area (Å²) in [6, 6.07) is 3.57. The van der Waals surface area contributed by atoms with E-state index in [0.717, 1.165) is 12.1 Å². The van der Waals surface area contributed by atoms with Crippen LogP contribution >= 0.6 is 0 Å². The molecule has 1 atom stereocenters. The molecule has 0 aliphatic rings. The van der Waals surface area contributed by atoms with Crippen molar-refractivity contribution in [1.29, 1.82) is 0 Å². The van der Waals surface area contributed by atoms with Gasteiger partial charge in [0, 0.05) is 13.6 Å². The van der Waals surface area contributed by atoms with Gasteiger partial charge in [-0.25, -0.2) is 8.78 Å². The molecule has 0 radical (unpaired) electrons. The lowest BCUT2D eigenvalue weighted by molar-refractivity contribution is -0.135. The van der Waals surface area contributed by atoms with Crippen LogP contribution < -0.4 is 5.73 Å². The lowest BCUT2D eigenvalue weighted by Gasteiger charge is -2.28. The second kappa shape index (κ2) is 5.44. The molecule has 100 valence electrons. The SMILES string of the molecule is CCC(C)(N)C(=O)N(C)Cc1ccc(F)c(F)c1. The van der Waals surface area contributed by atoms with Gasteiger partial charge in [0.15, 0.2) is 11.6 Å². The van der Waals surface area contributed by atoms with Crippen LogP contribution in [0.3, 0.4) is 0 Å². The first kappa shape index (κ1) is 14.6. The molecule has 1 aromatic rings. The first-order valence-corrected chi connectivity index (χ1v) is 5.76. The van der Waals surface area contributed by atoms with Crippen molar-refractivity contribution >= 4 is 5.91 Å². The van der Waals surface area contributed by atoms with Crippen molar-refractivity contribution in [3.8, 4) is 0 Å². The van der Waals surface area contributed by atoms with Gasteiger partial charge in [-0.15, -0.1) is 0 Å². The average Bonchev–Trinajstić information content (AvgIpc) is 2.32. The van der Waals surface area contributed by atoms with Crippen molar-refractivity contribution in [1.82, 2.24) is 4.90 Å². The van der Waals surface area contributed by atoms with Crippen molar-refractivity contribution in [2.45, 2.75) is 32.4 Å². The minimum Gasteiger partial charge on any atom is -0.340 e. The molecule has 1 unspecified atom stereocenters. The zero-order valence-corrected chi connectivity index (χ0v) is 10.8. The van der Waals surface area contributed by atoms with E-state index in [2.05, 4.69) is 0 Å². The maximum atomic E-state index is 13.0. The Balaban J connectivity index is 2.78. The van der Waals surface area contributed by atoms with E-state index in [4.69, 9.17) is 5.73 Å². The van der Waals surface area contributed by atoms with Gasteiger partial charge in [-0.1, -0.05) is 13.0 Å². The molecule has 0 aliphatic carbocycles. The van der Waals surface area contributed by atoms with Crippen LogP contribution in [-0.2, 0) is 11.3 Å². The van der Waals surface area contributed by atoms with Gasteiger partial charge in [0.25, 0.3) is 0 Å². The summed E-state index contributed by atoms with van der Waals surface area (Å²) in [5, 5.41) is 0. The van der Waals surface area contributed by atoms with E-state index in [1.807, 2.05) is 6.92 Å². The van der Waals surface area contributed by atoms with Crippen LogP contribution in [0.25, 0.3) is 0 Å². The van der Waals surface area contributed by atoms with E-state index >= 15 is 0 Å². The van der Waals surface area contributed by atoms with E-state index < -0.39 is 17.2 Å². The molecule has 1 amide bonds. The van der Waals surface area contributed by atoms with E-state index in [-0.39, 0.29) is 12.5 Å². The van der Waals surface area contributed by atoms with Crippen molar-refractivity contribution in [3.05, 3.63) is 35.4 Å². The van der Waals surface area contributed by atoms with Crippen molar-refractivity contribution in [2.75, 3.05) is 7.05 Å². The van der Waals surface area contributed by atoms with Crippen LogP contribution in [0.1, 0.15) is 25.8 Å². The Hall–Kier alpha value is -1.49. The number of hydrogen-bond acceptors (Lipinski definition) is 2. The predicted octanol–water partition coefficient (Wildman–Crippen LogP) is 2.05. The maximum absolute atomic E-state index is 13.0. The maximum Gasteiger partial charge on any atom is 0.242 e. The van der Waals surface area contributed by atoms with Gasteiger partial charge in [-0.2, -0.15) is 0 Å². The summed E-state index contributed by atoms with van der Waals surface area (Å²) in [6.07, 6.45) is 0.508. The fourth-order valence-electron chi connectivity index (χ4n) is 1.57. The van der Waals surface area contributed by atoms with E-state index in [1.165, 1.54) is 11.0 Å². The number of likely N-dealkylation sites (N-methyl/N-ethyl adjacent to an activating group) is 1. The molecular weight excluding hydrogens is 238 g/mol. The quantitative estimate of drug-likeness (QED) is 0.896. The fraction of sp³-hybridized carbons (Fsp3) is 0.462. The highest BCUT2D eigenvalue weighted by atomic mass is 19.2. The summed E-state index contributed by atoms with van der Waals surface area (Å²) in [6.45, 7) is 3.67. The molecular formula is C13H18F2N2O. The minimum atomic E-state index is -0.937. The summed E-state index contributed by atoms with van der Waals surface area (Å²) in [5.41, 5.74) is 5.43. The number of amides is 1. The second-order valence-electron chi connectivity index (χ2n) is 4.68. The average molecular weight is 256 g/mol. The number of nitrogens with two attached hydrogens (primary N) is 1. The van der Waals surface area contributed by atoms with Gasteiger partial charge in [-0.05, 0) is 31.0 Å². The first-order chi connectivity index (χ1) is 8.27. The monoisotopic (exact) mass is 256 g/mol. The molecule has 0 aromatic heterocycles. The summed E-state index contributed by atoms with van der Waals surface area (Å²) >= 11 is 0. The molecule has 0 aliphatic heterocycles. The zero-order valence-electron chi connectivity index (χ0n) is 10.8. The van der Waals surface area contributed by atoms with Gasteiger partial charge in [-0.3, -0.25) is 4.79 Å². The molecule has 0 bridgehead atoms. The normalized spacial score (nSPS) is 14.1. The third kappa shape index (κ3) is 3.26. The Morgan fingerprint density at radius 1 is 1.39 bits per heavy atom. The molecule has 5 heteroatoms. The highest BCUT2D eigenvalue weighted by molar-refractivity contribution is 5.85. The summed E-state index contributed by atoms with van der Waals surface area (Å²) in [4.78, 5) is 13.4. The lowest BCUT2D eigenvalue weighted by atomic mass is 9.98. The van der Waals surface area contributed by atoms with E-state index in [1.54, 1.807) is 14.0 Å². The standard InChI is InChI=1S/C13H18F2N2O/c1-4-13(2,16)12(18)17(3)8-9-5-6-10(14)11(15)7-9/h5-7H,4,8,16H2,1-3H3. The summed E-state index contributed by atoms with van der Waals surface area (Å²) < 4.78 is 25.8. The van der Waals surface area contributed by atoms with Crippen LogP contribution in [0, 0.1) is 11.6 Å². The van der Waals surface area contributed by atoms with E-state index in [0.29, 0.717) is 12.0 Å². The summed E-state index contributed by atoms with van der Waals surface area (Å²) in [5.74, 6) is -2.04. The third-order valence-electron chi connectivity index (χ3n) is 2.97. The number of benzene rings is 1. The van der Waals surface area contributed by atoms with Gasteiger partial charge in [0.05, 0.1) is 5.54 Å². The molecule has 0 spiro atoms. The van der Waals surface area contributed by atoms with E-state index in [9.17, 15) is 13.6 Å². The van der Waals surface area contributed by atoms with Crippen LogP contribution in [0.5, 0.6) is 0 Å². The molecule has 0 heterocycles. The molecule has 1 aromatic carbocycles. The van der Waals surface area contributed by atoms with Gasteiger partial charge in [0.1, 0.15) is 0 Å². The van der Waals surface area contributed by atoms with Gasteiger partial charge in [0.2, 0.25) is 5.91 Å². The number of carbonyl (C=O) groups excluding carboxylic acids is 1. The van der Waals surface area contributed by atoms with Gasteiger partial charge < -0.3 is 10.6 Å². The van der Waals surface area contributed by atoms with Crippen LogP contribution in [-0.4, -0.2) is 23.4 Å². The second-order valence-corrected chi connectivity index (χ2v) is 4.68. The minimum absolute atomic E-state index is 0.197. The number of carbonyl (C=O) groups is 1. The van der Waals surface area contributed by atoms with Crippen LogP contribution in [0.15, 0.2) is 18.2 Å².